The van der Waals surface area contributed by atoms with E-state index >= 15 is 0 Å². The topological polar surface area (TPSA) is 65.7 Å². The monoisotopic (exact) mass is 294 g/mol. The molecule has 0 bridgehead atoms. The first-order valence-electron chi connectivity index (χ1n) is 7.84. The van der Waals surface area contributed by atoms with Crippen molar-refractivity contribution in [3.63, 3.8) is 0 Å². The second-order valence-corrected chi connectivity index (χ2v) is 6.09. The van der Waals surface area contributed by atoms with Crippen molar-refractivity contribution in [3.8, 4) is 5.75 Å². The van der Waals surface area contributed by atoms with Crippen LogP contribution in [0, 0.1) is 5.92 Å². The lowest BCUT2D eigenvalue weighted by Gasteiger charge is -2.32. The number of pyridine rings is 1. The van der Waals surface area contributed by atoms with Crippen LogP contribution in [0.5, 0.6) is 5.75 Å². The van der Waals surface area contributed by atoms with Crippen molar-refractivity contribution in [2.75, 3.05) is 13.1 Å². The van der Waals surface area contributed by atoms with Crippen molar-refractivity contribution < 1.29 is 10.2 Å². The lowest BCUT2D eigenvalue weighted by atomic mass is 10.00. The molecule has 2 rings (SSSR count). The summed E-state index contributed by atoms with van der Waals surface area (Å²) in [6.45, 7) is 7.34. The molecule has 5 nitrogen and oxygen atoms in total. The van der Waals surface area contributed by atoms with E-state index in [9.17, 15) is 15.0 Å². The average Bonchev–Trinajstić information content (AvgIpc) is 2.46. The van der Waals surface area contributed by atoms with Crippen LogP contribution in [0.4, 0.5) is 0 Å². The Balaban J connectivity index is 2.35. The number of likely N-dealkylation sites (tertiary alicyclic amines) is 1. The lowest BCUT2D eigenvalue weighted by molar-refractivity contribution is 0.169. The Morgan fingerprint density at radius 1 is 1.43 bits per heavy atom. The highest BCUT2D eigenvalue weighted by Crippen LogP contribution is 2.22. The molecule has 1 fully saturated rings. The lowest BCUT2D eigenvalue weighted by Crippen LogP contribution is -2.35. The maximum atomic E-state index is 11.9. The molecular formula is C16H26N2O3. The summed E-state index contributed by atoms with van der Waals surface area (Å²) in [5.74, 6) is 0.479. The van der Waals surface area contributed by atoms with E-state index in [1.807, 2.05) is 11.5 Å². The fourth-order valence-corrected chi connectivity index (χ4v) is 3.18. The number of aliphatic hydroxyl groups is 1. The molecule has 0 radical (unpaired) electrons. The normalized spacial score (nSPS) is 19.9. The predicted octanol–water partition coefficient (Wildman–Crippen LogP) is 1.69. The molecule has 1 aliphatic heterocycles. The number of hydrogen-bond donors (Lipinski definition) is 2. The van der Waals surface area contributed by atoms with Gasteiger partial charge >= 0.3 is 0 Å². The first-order valence-corrected chi connectivity index (χ1v) is 7.84. The van der Waals surface area contributed by atoms with E-state index in [0.29, 0.717) is 30.4 Å². The maximum absolute atomic E-state index is 11.9. The third-order valence-electron chi connectivity index (χ3n) is 4.20. The molecule has 1 aliphatic rings. The van der Waals surface area contributed by atoms with Gasteiger partial charge in [0, 0.05) is 31.4 Å². The van der Waals surface area contributed by atoms with E-state index in [1.54, 1.807) is 0 Å². The molecule has 1 aromatic rings. The zero-order valence-corrected chi connectivity index (χ0v) is 13.0. The Bertz CT molecular complexity index is 539. The number of aromatic hydroxyl groups is 1. The van der Waals surface area contributed by atoms with Crippen LogP contribution < -0.4 is 5.43 Å². The van der Waals surface area contributed by atoms with Gasteiger partial charge in [-0.3, -0.25) is 9.69 Å². The maximum Gasteiger partial charge on any atom is 0.223 e. The second kappa shape index (κ2) is 7.09. The zero-order valence-electron chi connectivity index (χ0n) is 13.0. The first-order chi connectivity index (χ1) is 10.1. The molecule has 0 saturated carbocycles. The Kier molecular flexibility index (Phi) is 5.42. The van der Waals surface area contributed by atoms with Gasteiger partial charge < -0.3 is 14.8 Å². The van der Waals surface area contributed by atoms with Crippen LogP contribution in [-0.2, 0) is 19.7 Å². The van der Waals surface area contributed by atoms with Gasteiger partial charge in [-0.1, -0.05) is 13.8 Å². The smallest absolute Gasteiger partial charge is 0.223 e. The minimum atomic E-state index is -0.397. The molecule has 2 heterocycles. The zero-order chi connectivity index (χ0) is 15.4. The number of hydrogen-bond acceptors (Lipinski definition) is 4. The fraction of sp³-hybridized carbons (Fsp3) is 0.688. The molecule has 1 unspecified atom stereocenters. The highest BCUT2D eigenvalue weighted by atomic mass is 16.3. The van der Waals surface area contributed by atoms with Crippen molar-refractivity contribution in [1.82, 2.24) is 9.47 Å². The highest BCUT2D eigenvalue weighted by Gasteiger charge is 2.21. The van der Waals surface area contributed by atoms with Gasteiger partial charge in [0.05, 0.1) is 12.3 Å². The molecule has 0 spiro atoms. The summed E-state index contributed by atoms with van der Waals surface area (Å²) in [5, 5.41) is 19.7. The van der Waals surface area contributed by atoms with Gasteiger partial charge in [-0.2, -0.15) is 0 Å². The molecule has 5 heteroatoms. The average molecular weight is 294 g/mol. The molecule has 0 aliphatic carbocycles. The van der Waals surface area contributed by atoms with Crippen molar-refractivity contribution in [2.45, 2.75) is 52.8 Å². The molecule has 0 aromatic carbocycles. The SMILES string of the molecule is CCCn1c(CO)cc(=O)c(O)c1CN1CCCC(C)C1. The third-order valence-corrected chi connectivity index (χ3v) is 4.20. The van der Waals surface area contributed by atoms with Crippen LogP contribution in [0.1, 0.15) is 44.5 Å². The molecule has 1 saturated heterocycles. The van der Waals surface area contributed by atoms with Gasteiger partial charge in [0.25, 0.3) is 0 Å². The van der Waals surface area contributed by atoms with Gasteiger partial charge in [-0.15, -0.1) is 0 Å². The van der Waals surface area contributed by atoms with Crippen LogP contribution in [-0.4, -0.2) is 32.8 Å². The van der Waals surface area contributed by atoms with Gasteiger partial charge in [0.2, 0.25) is 5.43 Å². The van der Waals surface area contributed by atoms with Gasteiger partial charge in [0.15, 0.2) is 5.75 Å². The van der Waals surface area contributed by atoms with Gasteiger partial charge in [0.1, 0.15) is 0 Å². The summed E-state index contributed by atoms with van der Waals surface area (Å²) in [7, 11) is 0. The third kappa shape index (κ3) is 3.66. The standard InChI is InChI=1S/C16H26N2O3/c1-3-6-18-13(11-19)8-15(20)16(21)14(18)10-17-7-4-5-12(2)9-17/h8,12,19,21H,3-7,9-11H2,1-2H3. The summed E-state index contributed by atoms with van der Waals surface area (Å²) in [4.78, 5) is 14.2. The van der Waals surface area contributed by atoms with E-state index in [-0.39, 0.29) is 12.4 Å². The van der Waals surface area contributed by atoms with Gasteiger partial charge in [-0.05, 0) is 31.7 Å². The number of aromatic nitrogens is 1. The Morgan fingerprint density at radius 2 is 2.19 bits per heavy atom. The molecule has 21 heavy (non-hydrogen) atoms. The number of nitrogens with zero attached hydrogens (tertiary/aromatic N) is 2. The molecule has 2 N–H and O–H groups in total. The highest BCUT2D eigenvalue weighted by molar-refractivity contribution is 5.30. The predicted molar refractivity (Wildman–Crippen MR) is 82.3 cm³/mol. The van der Waals surface area contributed by atoms with Crippen LogP contribution in [0.2, 0.25) is 0 Å². The van der Waals surface area contributed by atoms with Crippen molar-refractivity contribution in [1.29, 1.82) is 0 Å². The molecule has 1 atom stereocenters. The van der Waals surface area contributed by atoms with Crippen LogP contribution in [0.15, 0.2) is 10.9 Å². The van der Waals surface area contributed by atoms with E-state index in [0.717, 1.165) is 25.9 Å². The van der Waals surface area contributed by atoms with Crippen molar-refractivity contribution in [2.24, 2.45) is 5.92 Å². The van der Waals surface area contributed by atoms with E-state index in [1.165, 1.54) is 12.5 Å². The Morgan fingerprint density at radius 3 is 2.81 bits per heavy atom. The largest absolute Gasteiger partial charge is 0.503 e. The summed E-state index contributed by atoms with van der Waals surface area (Å²) in [6, 6.07) is 1.34. The minimum Gasteiger partial charge on any atom is -0.503 e. The molecule has 0 amide bonds. The Hall–Kier alpha value is -1.33. The number of aliphatic hydroxyl groups excluding tert-OH is 1. The van der Waals surface area contributed by atoms with Crippen LogP contribution in [0.25, 0.3) is 0 Å². The van der Waals surface area contributed by atoms with Crippen LogP contribution in [0.3, 0.4) is 0 Å². The van der Waals surface area contributed by atoms with E-state index < -0.39 is 5.43 Å². The summed E-state index contributed by atoms with van der Waals surface area (Å²) >= 11 is 0. The van der Waals surface area contributed by atoms with E-state index in [4.69, 9.17) is 0 Å². The van der Waals surface area contributed by atoms with E-state index in [2.05, 4.69) is 11.8 Å². The summed E-state index contributed by atoms with van der Waals surface area (Å²) < 4.78 is 1.90. The quantitative estimate of drug-likeness (QED) is 0.867. The van der Waals surface area contributed by atoms with Crippen molar-refractivity contribution in [3.05, 3.63) is 27.7 Å². The van der Waals surface area contributed by atoms with Gasteiger partial charge in [-0.25, -0.2) is 0 Å². The molecular weight excluding hydrogens is 268 g/mol. The summed E-state index contributed by atoms with van der Waals surface area (Å²) in [5.41, 5.74) is 0.827. The summed E-state index contributed by atoms with van der Waals surface area (Å²) in [6.07, 6.45) is 3.28. The second-order valence-electron chi connectivity index (χ2n) is 6.09. The number of rotatable bonds is 5. The number of piperidine rings is 1. The molecule has 1 aromatic heterocycles. The Labute approximate surface area is 125 Å². The first kappa shape index (κ1) is 16.0. The fourth-order valence-electron chi connectivity index (χ4n) is 3.18. The van der Waals surface area contributed by atoms with Crippen LogP contribution >= 0.6 is 0 Å². The van der Waals surface area contributed by atoms with Crippen molar-refractivity contribution >= 4 is 0 Å². The molecule has 118 valence electrons. The minimum absolute atomic E-state index is 0.168.